The minimum absolute atomic E-state index is 0.194. The Hall–Kier alpha value is -0.670. The lowest BCUT2D eigenvalue weighted by molar-refractivity contribution is 0.624. The van der Waals surface area contributed by atoms with Gasteiger partial charge in [-0.1, -0.05) is 35.0 Å². The predicted molar refractivity (Wildman–Crippen MR) is 61.7 cm³/mol. The number of halogens is 2. The first-order valence-electron chi connectivity index (χ1n) is 4.56. The highest BCUT2D eigenvalue weighted by Crippen LogP contribution is 2.16. The van der Waals surface area contributed by atoms with Crippen molar-refractivity contribution in [1.29, 1.82) is 0 Å². The number of hydrogen-bond donors (Lipinski definition) is 1. The van der Waals surface area contributed by atoms with Crippen molar-refractivity contribution in [3.63, 3.8) is 0 Å². The van der Waals surface area contributed by atoms with E-state index in [1.165, 1.54) is 6.07 Å². The average Bonchev–Trinajstić information content (AvgIpc) is 2.18. The molecule has 0 amide bonds. The third kappa shape index (κ3) is 3.60. The van der Waals surface area contributed by atoms with Crippen molar-refractivity contribution in [3.05, 3.63) is 40.1 Å². The molecule has 14 heavy (non-hydrogen) atoms. The molecule has 0 saturated carbocycles. The molecule has 0 aliphatic rings. The summed E-state index contributed by atoms with van der Waals surface area (Å²) >= 11 is 3.30. The Morgan fingerprint density at radius 1 is 1.50 bits per heavy atom. The van der Waals surface area contributed by atoms with Crippen LogP contribution in [0.25, 0.3) is 6.08 Å². The Morgan fingerprint density at radius 2 is 2.29 bits per heavy atom. The van der Waals surface area contributed by atoms with Crippen molar-refractivity contribution in [2.75, 3.05) is 13.1 Å². The lowest BCUT2D eigenvalue weighted by Gasteiger charge is -1.98. The standard InChI is InChI=1S/C11H13BrFN/c1-2-14-7-3-4-9-8-10(12)5-6-11(9)13/h3-6,8,14H,2,7H2,1H3. The maximum Gasteiger partial charge on any atom is 0.130 e. The topological polar surface area (TPSA) is 12.0 Å². The molecule has 0 heterocycles. The van der Waals surface area contributed by atoms with Crippen LogP contribution < -0.4 is 5.32 Å². The van der Waals surface area contributed by atoms with E-state index < -0.39 is 0 Å². The SMILES string of the molecule is CCNCC=Cc1cc(Br)ccc1F. The molecule has 1 nitrogen and oxygen atoms in total. The molecule has 0 aromatic heterocycles. The molecule has 1 N–H and O–H groups in total. The summed E-state index contributed by atoms with van der Waals surface area (Å²) in [5, 5.41) is 3.13. The molecule has 76 valence electrons. The fourth-order valence-corrected chi connectivity index (χ4v) is 1.43. The second-order valence-corrected chi connectivity index (χ2v) is 3.79. The van der Waals surface area contributed by atoms with Gasteiger partial charge in [-0.15, -0.1) is 0 Å². The molecule has 0 aliphatic heterocycles. The van der Waals surface area contributed by atoms with Crippen LogP contribution in [0, 0.1) is 5.82 Å². The van der Waals surface area contributed by atoms with Crippen molar-refractivity contribution >= 4 is 22.0 Å². The molecule has 0 spiro atoms. The Balaban J connectivity index is 2.65. The average molecular weight is 258 g/mol. The number of nitrogens with one attached hydrogen (secondary N) is 1. The summed E-state index contributed by atoms with van der Waals surface area (Å²) in [6.07, 6.45) is 3.69. The summed E-state index contributed by atoms with van der Waals surface area (Å²) in [4.78, 5) is 0. The quantitative estimate of drug-likeness (QED) is 0.818. The van der Waals surface area contributed by atoms with E-state index in [0.717, 1.165) is 17.6 Å². The van der Waals surface area contributed by atoms with Crippen LogP contribution in [0.4, 0.5) is 4.39 Å². The number of benzene rings is 1. The predicted octanol–water partition coefficient (Wildman–Crippen LogP) is 3.21. The first kappa shape index (κ1) is 11.4. The molecule has 0 aliphatic carbocycles. The Kier molecular flexibility index (Phi) is 4.84. The van der Waals surface area contributed by atoms with Crippen LogP contribution in [0.15, 0.2) is 28.7 Å². The smallest absolute Gasteiger partial charge is 0.130 e. The van der Waals surface area contributed by atoms with E-state index in [0.29, 0.717) is 5.56 Å². The molecule has 1 rings (SSSR count). The molecular weight excluding hydrogens is 245 g/mol. The second-order valence-electron chi connectivity index (χ2n) is 2.88. The van der Waals surface area contributed by atoms with Gasteiger partial charge in [0.15, 0.2) is 0 Å². The summed E-state index contributed by atoms with van der Waals surface area (Å²) in [6.45, 7) is 3.72. The van der Waals surface area contributed by atoms with Gasteiger partial charge in [0.2, 0.25) is 0 Å². The number of rotatable bonds is 4. The molecule has 1 aromatic rings. The summed E-state index contributed by atoms with van der Waals surface area (Å²) in [7, 11) is 0. The monoisotopic (exact) mass is 257 g/mol. The van der Waals surface area contributed by atoms with Gasteiger partial charge >= 0.3 is 0 Å². The van der Waals surface area contributed by atoms with Crippen LogP contribution in [-0.2, 0) is 0 Å². The third-order valence-corrected chi connectivity index (χ3v) is 2.26. The van der Waals surface area contributed by atoms with Gasteiger partial charge in [-0.25, -0.2) is 4.39 Å². The fourth-order valence-electron chi connectivity index (χ4n) is 1.06. The third-order valence-electron chi connectivity index (χ3n) is 1.77. The van der Waals surface area contributed by atoms with Gasteiger partial charge in [-0.3, -0.25) is 0 Å². The first-order chi connectivity index (χ1) is 6.74. The van der Waals surface area contributed by atoms with E-state index in [4.69, 9.17) is 0 Å². The second kappa shape index (κ2) is 5.94. The normalized spacial score (nSPS) is 11.1. The van der Waals surface area contributed by atoms with Gasteiger partial charge in [0.1, 0.15) is 5.82 Å². The Bertz CT molecular complexity index is 323. The Labute approximate surface area is 92.1 Å². The summed E-state index contributed by atoms with van der Waals surface area (Å²) in [5.41, 5.74) is 0.609. The molecule has 3 heteroatoms. The fraction of sp³-hybridized carbons (Fsp3) is 0.273. The van der Waals surface area contributed by atoms with Crippen LogP contribution >= 0.6 is 15.9 Å². The van der Waals surface area contributed by atoms with Crippen molar-refractivity contribution in [2.24, 2.45) is 0 Å². The lowest BCUT2D eigenvalue weighted by Crippen LogP contribution is -2.11. The van der Waals surface area contributed by atoms with E-state index in [1.54, 1.807) is 18.2 Å². The molecule has 0 bridgehead atoms. The number of hydrogen-bond acceptors (Lipinski definition) is 1. The summed E-state index contributed by atoms with van der Waals surface area (Å²) < 4.78 is 14.1. The maximum absolute atomic E-state index is 13.2. The van der Waals surface area contributed by atoms with Gasteiger partial charge in [-0.05, 0) is 24.7 Å². The van der Waals surface area contributed by atoms with Crippen LogP contribution in [0.2, 0.25) is 0 Å². The summed E-state index contributed by atoms with van der Waals surface area (Å²) in [6, 6.07) is 4.91. The van der Waals surface area contributed by atoms with E-state index in [2.05, 4.69) is 21.2 Å². The minimum atomic E-state index is -0.194. The molecule has 0 saturated heterocycles. The molecule has 0 fully saturated rings. The van der Waals surface area contributed by atoms with Gasteiger partial charge in [0.25, 0.3) is 0 Å². The van der Waals surface area contributed by atoms with Crippen LogP contribution in [-0.4, -0.2) is 13.1 Å². The van der Waals surface area contributed by atoms with Gasteiger partial charge in [0, 0.05) is 16.6 Å². The largest absolute Gasteiger partial charge is 0.314 e. The van der Waals surface area contributed by atoms with Gasteiger partial charge < -0.3 is 5.32 Å². The molecule has 1 aromatic carbocycles. The van der Waals surface area contributed by atoms with Crippen molar-refractivity contribution in [1.82, 2.24) is 5.32 Å². The van der Waals surface area contributed by atoms with E-state index in [9.17, 15) is 4.39 Å². The van der Waals surface area contributed by atoms with Gasteiger partial charge in [0.05, 0.1) is 0 Å². The first-order valence-corrected chi connectivity index (χ1v) is 5.35. The number of likely N-dealkylation sites (N-methyl/N-ethyl adjacent to an activating group) is 1. The highest BCUT2D eigenvalue weighted by Gasteiger charge is 1.97. The maximum atomic E-state index is 13.2. The molecule has 0 radical (unpaired) electrons. The van der Waals surface area contributed by atoms with Gasteiger partial charge in [-0.2, -0.15) is 0 Å². The van der Waals surface area contributed by atoms with E-state index in [1.807, 2.05) is 13.0 Å². The summed E-state index contributed by atoms with van der Waals surface area (Å²) in [5.74, 6) is -0.194. The van der Waals surface area contributed by atoms with E-state index in [-0.39, 0.29) is 5.82 Å². The van der Waals surface area contributed by atoms with Crippen LogP contribution in [0.1, 0.15) is 12.5 Å². The molecule has 0 unspecified atom stereocenters. The van der Waals surface area contributed by atoms with E-state index >= 15 is 0 Å². The highest BCUT2D eigenvalue weighted by atomic mass is 79.9. The zero-order valence-corrected chi connectivity index (χ0v) is 9.64. The zero-order chi connectivity index (χ0) is 10.4. The highest BCUT2D eigenvalue weighted by molar-refractivity contribution is 9.10. The molecular formula is C11H13BrFN. The van der Waals surface area contributed by atoms with Crippen molar-refractivity contribution < 1.29 is 4.39 Å². The lowest BCUT2D eigenvalue weighted by atomic mass is 10.2. The Morgan fingerprint density at radius 3 is 3.00 bits per heavy atom. The van der Waals surface area contributed by atoms with Crippen LogP contribution in [0.5, 0.6) is 0 Å². The zero-order valence-electron chi connectivity index (χ0n) is 8.06. The van der Waals surface area contributed by atoms with Crippen molar-refractivity contribution in [2.45, 2.75) is 6.92 Å². The van der Waals surface area contributed by atoms with Crippen LogP contribution in [0.3, 0.4) is 0 Å². The van der Waals surface area contributed by atoms with Crippen molar-refractivity contribution in [3.8, 4) is 0 Å². The molecule has 0 atom stereocenters. The minimum Gasteiger partial charge on any atom is -0.314 e.